The summed E-state index contributed by atoms with van der Waals surface area (Å²) in [7, 11) is 1.58. The summed E-state index contributed by atoms with van der Waals surface area (Å²) in [6.45, 7) is 0. The molecule has 1 aromatic heterocycles. The van der Waals surface area contributed by atoms with E-state index in [0.29, 0.717) is 5.56 Å². The van der Waals surface area contributed by atoms with Crippen molar-refractivity contribution in [3.8, 4) is 0 Å². The number of aliphatic carboxylic acids is 1. The topological polar surface area (TPSA) is 80.9 Å². The summed E-state index contributed by atoms with van der Waals surface area (Å²) in [5.74, 6) is -1.76. The highest BCUT2D eigenvalue weighted by Crippen LogP contribution is 2.25. The number of rotatable bonds is 4. The van der Waals surface area contributed by atoms with E-state index in [9.17, 15) is 9.18 Å². The summed E-state index contributed by atoms with van der Waals surface area (Å²) in [6.07, 6.45) is -0.213. The van der Waals surface area contributed by atoms with Gasteiger partial charge in [-0.3, -0.25) is 4.79 Å². The van der Waals surface area contributed by atoms with Crippen LogP contribution < -0.4 is 0 Å². The van der Waals surface area contributed by atoms with Crippen LogP contribution >= 0.6 is 0 Å². The Kier molecular flexibility index (Phi) is 3.31. The van der Waals surface area contributed by atoms with E-state index in [0.717, 1.165) is 0 Å². The Morgan fingerprint density at radius 1 is 1.56 bits per heavy atom. The van der Waals surface area contributed by atoms with Gasteiger partial charge in [0, 0.05) is 0 Å². The van der Waals surface area contributed by atoms with E-state index in [1.807, 2.05) is 0 Å². The molecule has 0 radical (unpaired) electrons. The second-order valence-electron chi connectivity index (χ2n) is 3.84. The van der Waals surface area contributed by atoms with Crippen molar-refractivity contribution in [2.45, 2.75) is 12.3 Å². The van der Waals surface area contributed by atoms with Gasteiger partial charge in [0.05, 0.1) is 19.4 Å². The third kappa shape index (κ3) is 2.68. The summed E-state index contributed by atoms with van der Waals surface area (Å²) < 4.78 is 13.2. The average molecular weight is 250 g/mol. The Morgan fingerprint density at radius 2 is 2.33 bits per heavy atom. The van der Waals surface area contributed by atoms with Gasteiger partial charge in [0.25, 0.3) is 0 Å². The Morgan fingerprint density at radius 3 is 2.89 bits per heavy atom. The number of carboxylic acid groups (broad SMARTS) is 1. The number of tetrazole rings is 1. The van der Waals surface area contributed by atoms with Crippen molar-refractivity contribution in [1.82, 2.24) is 20.2 Å². The molecule has 0 aliphatic heterocycles. The zero-order valence-corrected chi connectivity index (χ0v) is 9.62. The molecule has 0 amide bonds. The SMILES string of the molecule is Cn1nnc(C(CC(=O)O)c2cccc(F)c2)n1. The van der Waals surface area contributed by atoms with Gasteiger partial charge in [-0.1, -0.05) is 12.1 Å². The molecule has 0 fully saturated rings. The molecule has 6 nitrogen and oxygen atoms in total. The van der Waals surface area contributed by atoms with Crippen LogP contribution in [0.3, 0.4) is 0 Å². The van der Waals surface area contributed by atoms with Crippen LogP contribution in [0.5, 0.6) is 0 Å². The number of halogens is 1. The number of carbonyl (C=O) groups is 1. The molecule has 7 heteroatoms. The maximum Gasteiger partial charge on any atom is 0.304 e. The Hall–Kier alpha value is -2.31. The molecule has 2 aromatic rings. The first-order valence-electron chi connectivity index (χ1n) is 5.27. The first-order valence-corrected chi connectivity index (χ1v) is 5.27. The number of hydrogen-bond donors (Lipinski definition) is 1. The van der Waals surface area contributed by atoms with Crippen LogP contribution in [0.4, 0.5) is 4.39 Å². The molecule has 94 valence electrons. The van der Waals surface area contributed by atoms with Crippen molar-refractivity contribution < 1.29 is 14.3 Å². The van der Waals surface area contributed by atoms with Gasteiger partial charge in [0.1, 0.15) is 5.82 Å². The fourth-order valence-electron chi connectivity index (χ4n) is 1.69. The van der Waals surface area contributed by atoms with Gasteiger partial charge in [-0.2, -0.15) is 4.80 Å². The molecule has 1 atom stereocenters. The molecule has 1 unspecified atom stereocenters. The monoisotopic (exact) mass is 250 g/mol. The lowest BCUT2D eigenvalue weighted by molar-refractivity contribution is -0.137. The molecule has 18 heavy (non-hydrogen) atoms. The van der Waals surface area contributed by atoms with Gasteiger partial charge < -0.3 is 5.11 Å². The number of benzene rings is 1. The molecule has 0 saturated carbocycles. The number of carboxylic acids is 1. The fourth-order valence-corrected chi connectivity index (χ4v) is 1.69. The molecule has 1 aromatic carbocycles. The lowest BCUT2D eigenvalue weighted by Crippen LogP contribution is -2.10. The Labute approximate surface area is 102 Å². The number of nitrogens with zero attached hydrogens (tertiary/aromatic N) is 4. The summed E-state index contributed by atoms with van der Waals surface area (Å²) in [4.78, 5) is 12.1. The van der Waals surface area contributed by atoms with Crippen molar-refractivity contribution in [3.63, 3.8) is 0 Å². The van der Waals surface area contributed by atoms with Gasteiger partial charge in [-0.05, 0) is 22.9 Å². The maximum absolute atomic E-state index is 13.2. The highest BCUT2D eigenvalue weighted by atomic mass is 19.1. The molecule has 1 heterocycles. The van der Waals surface area contributed by atoms with E-state index in [1.165, 1.54) is 23.0 Å². The second-order valence-corrected chi connectivity index (χ2v) is 3.84. The molecule has 1 N–H and O–H groups in total. The highest BCUT2D eigenvalue weighted by Gasteiger charge is 2.22. The Bertz CT molecular complexity index is 570. The van der Waals surface area contributed by atoms with Crippen LogP contribution in [0.25, 0.3) is 0 Å². The average Bonchev–Trinajstić information content (AvgIpc) is 2.72. The molecule has 0 aliphatic carbocycles. The van der Waals surface area contributed by atoms with E-state index in [-0.39, 0.29) is 12.2 Å². The standard InChI is InChI=1S/C11H11FN4O2/c1-16-14-11(13-15-16)9(6-10(17)18)7-3-2-4-8(12)5-7/h2-5,9H,6H2,1H3,(H,17,18). The zero-order chi connectivity index (χ0) is 13.1. The Balaban J connectivity index is 2.39. The lowest BCUT2D eigenvalue weighted by atomic mass is 9.95. The molecule has 0 aliphatic rings. The minimum absolute atomic E-state index is 0.213. The number of aromatic nitrogens is 4. The second kappa shape index (κ2) is 4.91. The largest absolute Gasteiger partial charge is 0.481 e. The van der Waals surface area contributed by atoms with Crippen LogP contribution in [0.2, 0.25) is 0 Å². The van der Waals surface area contributed by atoms with E-state index >= 15 is 0 Å². The normalized spacial score (nSPS) is 12.3. The molecule has 2 rings (SSSR count). The van der Waals surface area contributed by atoms with Crippen LogP contribution in [0.1, 0.15) is 23.7 Å². The quantitative estimate of drug-likeness (QED) is 0.873. The van der Waals surface area contributed by atoms with E-state index < -0.39 is 17.7 Å². The van der Waals surface area contributed by atoms with Crippen LogP contribution in [-0.4, -0.2) is 31.3 Å². The smallest absolute Gasteiger partial charge is 0.304 e. The summed E-state index contributed by atoms with van der Waals surface area (Å²) in [5, 5.41) is 20.3. The van der Waals surface area contributed by atoms with Crippen molar-refractivity contribution in [1.29, 1.82) is 0 Å². The molecule has 0 spiro atoms. The van der Waals surface area contributed by atoms with Crippen molar-refractivity contribution in [3.05, 3.63) is 41.5 Å². The highest BCUT2D eigenvalue weighted by molar-refractivity contribution is 5.68. The predicted molar refractivity (Wildman–Crippen MR) is 59.3 cm³/mol. The minimum Gasteiger partial charge on any atom is -0.481 e. The molecular formula is C11H11FN4O2. The predicted octanol–water partition coefficient (Wildman–Crippen LogP) is 0.956. The van der Waals surface area contributed by atoms with Gasteiger partial charge in [0.2, 0.25) is 0 Å². The van der Waals surface area contributed by atoms with Crippen LogP contribution in [-0.2, 0) is 11.8 Å². The van der Waals surface area contributed by atoms with E-state index in [1.54, 1.807) is 13.1 Å². The van der Waals surface area contributed by atoms with E-state index in [2.05, 4.69) is 15.4 Å². The van der Waals surface area contributed by atoms with Crippen molar-refractivity contribution in [2.24, 2.45) is 7.05 Å². The first-order chi connectivity index (χ1) is 8.56. The molecular weight excluding hydrogens is 239 g/mol. The fraction of sp³-hybridized carbons (Fsp3) is 0.273. The maximum atomic E-state index is 13.2. The minimum atomic E-state index is -1.00. The van der Waals surface area contributed by atoms with Gasteiger partial charge in [-0.25, -0.2) is 4.39 Å². The van der Waals surface area contributed by atoms with Gasteiger partial charge in [0.15, 0.2) is 5.82 Å². The van der Waals surface area contributed by atoms with Gasteiger partial charge >= 0.3 is 5.97 Å². The number of aryl methyl sites for hydroxylation is 1. The van der Waals surface area contributed by atoms with Crippen LogP contribution in [0, 0.1) is 5.82 Å². The lowest BCUT2D eigenvalue weighted by Gasteiger charge is -2.10. The van der Waals surface area contributed by atoms with Crippen molar-refractivity contribution in [2.75, 3.05) is 0 Å². The summed E-state index contributed by atoms with van der Waals surface area (Å²) >= 11 is 0. The van der Waals surface area contributed by atoms with E-state index in [4.69, 9.17) is 5.11 Å². The number of hydrogen-bond acceptors (Lipinski definition) is 4. The van der Waals surface area contributed by atoms with Crippen molar-refractivity contribution >= 4 is 5.97 Å². The van der Waals surface area contributed by atoms with Gasteiger partial charge in [-0.15, -0.1) is 10.2 Å². The third-order valence-electron chi connectivity index (χ3n) is 2.47. The summed E-state index contributed by atoms with van der Waals surface area (Å²) in [6, 6.07) is 5.75. The zero-order valence-electron chi connectivity index (χ0n) is 9.62. The third-order valence-corrected chi connectivity index (χ3v) is 2.47. The molecule has 0 saturated heterocycles. The van der Waals surface area contributed by atoms with Crippen LogP contribution in [0.15, 0.2) is 24.3 Å². The summed E-state index contributed by atoms with van der Waals surface area (Å²) in [5.41, 5.74) is 0.519. The first kappa shape index (κ1) is 12.2. The molecule has 0 bridgehead atoms.